The molecule has 0 aromatic heterocycles. The smallest absolute Gasteiger partial charge is 0.119 e. The van der Waals surface area contributed by atoms with Crippen LogP contribution in [0.3, 0.4) is 0 Å². The van der Waals surface area contributed by atoms with E-state index in [1.165, 1.54) is 18.4 Å². The number of likely N-dealkylation sites (tertiary alicyclic amines) is 1. The number of nitrogens with zero attached hydrogens (tertiary/aromatic N) is 1. The van der Waals surface area contributed by atoms with Crippen LogP contribution in [0.1, 0.15) is 55.4 Å². The molecule has 2 aromatic rings. The highest BCUT2D eigenvalue weighted by Gasteiger charge is 2.31. The Bertz CT molecular complexity index is 820. The maximum atomic E-state index is 10.5. The molecule has 0 aliphatic carbocycles. The Hall–Kier alpha value is -1.59. The average Bonchev–Trinajstić information content (AvgIpc) is 3.24. The first-order chi connectivity index (χ1) is 14.6. The van der Waals surface area contributed by atoms with Crippen LogP contribution in [0, 0.1) is 0 Å². The quantitative estimate of drug-likeness (QED) is 0.672. The van der Waals surface area contributed by atoms with Gasteiger partial charge in [0.15, 0.2) is 0 Å². The first kappa shape index (κ1) is 21.6. The third-order valence-electron chi connectivity index (χ3n) is 6.11. The van der Waals surface area contributed by atoms with E-state index in [2.05, 4.69) is 23.1 Å². The van der Waals surface area contributed by atoms with Gasteiger partial charge in [-0.05, 0) is 74.2 Å². The summed E-state index contributed by atoms with van der Waals surface area (Å²) in [6.45, 7) is 5.86. The molecule has 2 aliphatic rings. The zero-order valence-electron chi connectivity index (χ0n) is 17.7. The lowest BCUT2D eigenvalue weighted by molar-refractivity contribution is -0.105. The number of aliphatic hydroxyl groups is 1. The molecule has 2 aromatic carbocycles. The summed E-state index contributed by atoms with van der Waals surface area (Å²) in [6.07, 6.45) is 4.34. The number of halogens is 1. The summed E-state index contributed by atoms with van der Waals surface area (Å²) in [5.41, 5.74) is 3.37. The van der Waals surface area contributed by atoms with Gasteiger partial charge in [-0.3, -0.25) is 0 Å². The molecule has 1 N–H and O–H groups in total. The van der Waals surface area contributed by atoms with E-state index in [1.54, 1.807) is 0 Å². The summed E-state index contributed by atoms with van der Waals surface area (Å²) in [5, 5.41) is 11.2. The van der Waals surface area contributed by atoms with Gasteiger partial charge in [-0.15, -0.1) is 0 Å². The van der Waals surface area contributed by atoms with E-state index in [1.807, 2.05) is 31.2 Å². The maximum Gasteiger partial charge on any atom is 0.119 e. The lowest BCUT2D eigenvalue weighted by atomic mass is 9.93. The summed E-state index contributed by atoms with van der Waals surface area (Å²) in [6, 6.07) is 14.3. The van der Waals surface area contributed by atoms with Crippen molar-refractivity contribution in [2.75, 3.05) is 26.2 Å². The molecule has 0 saturated carbocycles. The van der Waals surface area contributed by atoms with Crippen molar-refractivity contribution in [3.8, 4) is 5.75 Å². The van der Waals surface area contributed by atoms with Crippen LogP contribution in [-0.2, 0) is 11.2 Å². The van der Waals surface area contributed by atoms with Crippen LogP contribution in [-0.4, -0.2) is 48.5 Å². The minimum Gasteiger partial charge on any atom is -0.494 e. The number of ether oxygens (including phenoxy) is 2. The Morgan fingerprint density at radius 2 is 1.87 bits per heavy atom. The molecule has 0 radical (unpaired) electrons. The summed E-state index contributed by atoms with van der Waals surface area (Å²) < 4.78 is 12.0. The van der Waals surface area contributed by atoms with Gasteiger partial charge in [0.2, 0.25) is 0 Å². The van der Waals surface area contributed by atoms with Crippen molar-refractivity contribution in [3.63, 3.8) is 0 Å². The molecule has 0 spiro atoms. The molecule has 0 unspecified atom stereocenters. The van der Waals surface area contributed by atoms with Crippen molar-refractivity contribution >= 4 is 11.6 Å². The second kappa shape index (κ2) is 10.1. The van der Waals surface area contributed by atoms with Gasteiger partial charge in [0, 0.05) is 24.4 Å². The van der Waals surface area contributed by atoms with Crippen LogP contribution >= 0.6 is 11.6 Å². The molecule has 162 valence electrons. The molecule has 2 aliphatic heterocycles. The first-order valence-corrected chi connectivity index (χ1v) is 11.5. The van der Waals surface area contributed by atoms with E-state index in [4.69, 9.17) is 21.1 Å². The minimum absolute atomic E-state index is 0.0853. The molecule has 3 atom stereocenters. The van der Waals surface area contributed by atoms with Crippen molar-refractivity contribution in [3.05, 3.63) is 64.2 Å². The molecule has 4 nitrogen and oxygen atoms in total. The Kier molecular flexibility index (Phi) is 7.32. The summed E-state index contributed by atoms with van der Waals surface area (Å²) in [7, 11) is 0. The van der Waals surface area contributed by atoms with Crippen molar-refractivity contribution < 1.29 is 14.6 Å². The van der Waals surface area contributed by atoms with Gasteiger partial charge in [0.05, 0.1) is 24.9 Å². The number of rotatable bonds is 7. The third-order valence-corrected chi connectivity index (χ3v) is 6.48. The largest absolute Gasteiger partial charge is 0.494 e. The molecule has 0 amide bonds. The van der Waals surface area contributed by atoms with Gasteiger partial charge < -0.3 is 19.5 Å². The Morgan fingerprint density at radius 3 is 2.60 bits per heavy atom. The number of hydrogen-bond donors (Lipinski definition) is 1. The molecule has 2 fully saturated rings. The number of aliphatic hydroxyl groups excluding tert-OH is 1. The summed E-state index contributed by atoms with van der Waals surface area (Å²) in [5.74, 6) is 0.884. The molecule has 4 rings (SSSR count). The Balaban J connectivity index is 1.45. The lowest BCUT2D eigenvalue weighted by Gasteiger charge is -2.35. The zero-order valence-corrected chi connectivity index (χ0v) is 18.5. The standard InChI is InChI=1S/C25H32ClNO3/c1-2-29-22-8-5-18(6-9-22)13-20-14-19(7-10-24(20)26)25-16-21(28)15-23(30-25)17-27-11-3-4-12-27/h5-10,14,21,23,25,28H,2-4,11-13,15-17H2,1H3/t21-,23-,25+/m0/s1. The number of benzene rings is 2. The highest BCUT2D eigenvalue weighted by Crippen LogP contribution is 2.34. The van der Waals surface area contributed by atoms with E-state index in [9.17, 15) is 5.11 Å². The normalized spacial score (nSPS) is 24.8. The first-order valence-electron chi connectivity index (χ1n) is 11.2. The average molecular weight is 430 g/mol. The summed E-state index contributed by atoms with van der Waals surface area (Å²) in [4.78, 5) is 2.46. The molecular formula is C25H32ClNO3. The van der Waals surface area contributed by atoms with Crippen LogP contribution < -0.4 is 4.74 Å². The van der Waals surface area contributed by atoms with Crippen LogP contribution in [0.4, 0.5) is 0 Å². The van der Waals surface area contributed by atoms with Gasteiger partial charge in [0.25, 0.3) is 0 Å². The van der Waals surface area contributed by atoms with Gasteiger partial charge in [-0.2, -0.15) is 0 Å². The monoisotopic (exact) mass is 429 g/mol. The highest BCUT2D eigenvalue weighted by atomic mass is 35.5. The lowest BCUT2D eigenvalue weighted by Crippen LogP contribution is -2.39. The van der Waals surface area contributed by atoms with E-state index in [0.717, 1.165) is 54.4 Å². The van der Waals surface area contributed by atoms with Crippen molar-refractivity contribution in [1.29, 1.82) is 0 Å². The van der Waals surface area contributed by atoms with Crippen molar-refractivity contribution in [2.45, 2.75) is 57.3 Å². The van der Waals surface area contributed by atoms with Crippen LogP contribution in [0.25, 0.3) is 0 Å². The van der Waals surface area contributed by atoms with Crippen LogP contribution in [0.15, 0.2) is 42.5 Å². The van der Waals surface area contributed by atoms with Crippen molar-refractivity contribution in [1.82, 2.24) is 4.90 Å². The fourth-order valence-electron chi connectivity index (χ4n) is 4.60. The molecule has 0 bridgehead atoms. The Labute approximate surface area is 184 Å². The third kappa shape index (κ3) is 5.55. The van der Waals surface area contributed by atoms with Gasteiger partial charge in [0.1, 0.15) is 5.75 Å². The SMILES string of the molecule is CCOc1ccc(Cc2cc([C@H]3C[C@@H](O)C[C@@H](CN4CCCC4)O3)ccc2Cl)cc1. The van der Waals surface area contributed by atoms with E-state index < -0.39 is 0 Å². The zero-order chi connectivity index (χ0) is 20.9. The van der Waals surface area contributed by atoms with Gasteiger partial charge >= 0.3 is 0 Å². The Morgan fingerprint density at radius 1 is 1.10 bits per heavy atom. The van der Waals surface area contributed by atoms with E-state index >= 15 is 0 Å². The highest BCUT2D eigenvalue weighted by molar-refractivity contribution is 6.31. The molecule has 30 heavy (non-hydrogen) atoms. The van der Waals surface area contributed by atoms with E-state index in [0.29, 0.717) is 13.0 Å². The predicted octanol–water partition coefficient (Wildman–Crippen LogP) is 5.01. The predicted molar refractivity (Wildman–Crippen MR) is 120 cm³/mol. The fourth-order valence-corrected chi connectivity index (χ4v) is 4.78. The second-order valence-corrected chi connectivity index (χ2v) is 8.89. The van der Waals surface area contributed by atoms with Gasteiger partial charge in [-0.25, -0.2) is 0 Å². The number of hydrogen-bond acceptors (Lipinski definition) is 4. The van der Waals surface area contributed by atoms with Gasteiger partial charge in [-0.1, -0.05) is 35.9 Å². The van der Waals surface area contributed by atoms with Crippen LogP contribution in [0.5, 0.6) is 5.75 Å². The van der Waals surface area contributed by atoms with E-state index in [-0.39, 0.29) is 18.3 Å². The molecule has 2 heterocycles. The second-order valence-electron chi connectivity index (χ2n) is 8.48. The summed E-state index contributed by atoms with van der Waals surface area (Å²) >= 11 is 6.52. The topological polar surface area (TPSA) is 41.9 Å². The molecular weight excluding hydrogens is 398 g/mol. The fraction of sp³-hybridized carbons (Fsp3) is 0.520. The van der Waals surface area contributed by atoms with Crippen molar-refractivity contribution in [2.24, 2.45) is 0 Å². The minimum atomic E-state index is -0.318. The van der Waals surface area contributed by atoms with Crippen LogP contribution in [0.2, 0.25) is 5.02 Å². The maximum absolute atomic E-state index is 10.5. The molecule has 5 heteroatoms. The molecule has 2 saturated heterocycles.